The molecular weight excluding hydrogens is 228 g/mol. The smallest absolute Gasteiger partial charge is 0.164 e. The van der Waals surface area contributed by atoms with E-state index in [1.807, 2.05) is 26.8 Å². The van der Waals surface area contributed by atoms with Crippen LogP contribution in [0.2, 0.25) is 0 Å². The first-order chi connectivity index (χ1) is 8.20. The predicted octanol–water partition coefficient (Wildman–Crippen LogP) is 1.54. The minimum absolute atomic E-state index is 0.0199. The molecule has 0 amide bonds. The molecule has 3 heteroatoms. The molecule has 2 saturated carbocycles. The monoisotopic (exact) mass is 250 g/mol. The average Bonchev–Trinajstić information content (AvgIpc) is 2.73. The van der Waals surface area contributed by atoms with Gasteiger partial charge < -0.3 is 10.2 Å². The van der Waals surface area contributed by atoms with E-state index in [1.165, 1.54) is 0 Å². The van der Waals surface area contributed by atoms with Gasteiger partial charge in [-0.05, 0) is 30.8 Å². The normalized spacial score (nSPS) is 56.9. The molecule has 3 nitrogen and oxygen atoms in total. The van der Waals surface area contributed by atoms with Gasteiger partial charge in [0.2, 0.25) is 0 Å². The first kappa shape index (κ1) is 12.4. The number of hydrogen-bond donors (Lipinski definition) is 2. The van der Waals surface area contributed by atoms with Crippen LogP contribution in [0.3, 0.4) is 0 Å². The molecule has 1 spiro atoms. The Labute approximate surface area is 108 Å². The van der Waals surface area contributed by atoms with Gasteiger partial charge in [0, 0.05) is 11.3 Å². The maximum atomic E-state index is 12.3. The molecule has 0 heterocycles. The van der Waals surface area contributed by atoms with Crippen molar-refractivity contribution in [3.05, 3.63) is 12.2 Å². The van der Waals surface area contributed by atoms with Crippen molar-refractivity contribution in [2.24, 2.45) is 28.1 Å². The Balaban J connectivity index is 2.29. The van der Waals surface area contributed by atoms with Gasteiger partial charge in [-0.1, -0.05) is 26.8 Å². The highest BCUT2D eigenvalue weighted by Gasteiger charge is 2.77. The van der Waals surface area contributed by atoms with Crippen LogP contribution < -0.4 is 0 Å². The van der Waals surface area contributed by atoms with Gasteiger partial charge in [-0.25, -0.2) is 0 Å². The third kappa shape index (κ3) is 0.925. The average molecular weight is 250 g/mol. The molecule has 0 aromatic rings. The molecule has 2 N–H and O–H groups in total. The fraction of sp³-hybridized carbons (Fsp3) is 0.800. The summed E-state index contributed by atoms with van der Waals surface area (Å²) in [6, 6.07) is 0. The fourth-order valence-electron chi connectivity index (χ4n) is 5.59. The topological polar surface area (TPSA) is 57.5 Å². The van der Waals surface area contributed by atoms with Crippen LogP contribution in [-0.2, 0) is 4.79 Å². The summed E-state index contributed by atoms with van der Waals surface area (Å²) < 4.78 is 0. The van der Waals surface area contributed by atoms with Crippen molar-refractivity contribution in [1.29, 1.82) is 0 Å². The first-order valence-corrected chi connectivity index (χ1v) is 6.80. The number of aliphatic hydroxyl groups is 2. The number of aliphatic hydroxyl groups excluding tert-OH is 2. The lowest BCUT2D eigenvalue weighted by molar-refractivity contribution is -0.135. The van der Waals surface area contributed by atoms with Crippen molar-refractivity contribution < 1.29 is 15.0 Å². The minimum atomic E-state index is -0.766. The Morgan fingerprint density at radius 3 is 2.50 bits per heavy atom. The molecule has 0 aliphatic heterocycles. The predicted molar refractivity (Wildman–Crippen MR) is 67.8 cm³/mol. The highest BCUT2D eigenvalue weighted by molar-refractivity contribution is 5.99. The van der Waals surface area contributed by atoms with Crippen molar-refractivity contribution in [3.8, 4) is 0 Å². The Morgan fingerprint density at radius 1 is 1.28 bits per heavy atom. The second kappa shape index (κ2) is 3.07. The second-order valence-electron chi connectivity index (χ2n) is 7.24. The van der Waals surface area contributed by atoms with E-state index in [0.717, 1.165) is 0 Å². The maximum Gasteiger partial charge on any atom is 0.164 e. The lowest BCUT2D eigenvalue weighted by Crippen LogP contribution is -2.46. The van der Waals surface area contributed by atoms with Crippen molar-refractivity contribution in [2.75, 3.05) is 0 Å². The summed E-state index contributed by atoms with van der Waals surface area (Å²) >= 11 is 0. The van der Waals surface area contributed by atoms with E-state index in [2.05, 4.69) is 6.92 Å². The molecule has 2 fully saturated rings. The lowest BCUT2D eigenvalue weighted by Gasteiger charge is -2.40. The van der Waals surface area contributed by atoms with Gasteiger partial charge in [-0.2, -0.15) is 0 Å². The highest BCUT2D eigenvalue weighted by atomic mass is 16.3. The Kier molecular flexibility index (Phi) is 2.11. The lowest BCUT2D eigenvalue weighted by atomic mass is 9.61. The molecule has 0 aromatic carbocycles. The number of rotatable bonds is 0. The van der Waals surface area contributed by atoms with Crippen LogP contribution in [-0.4, -0.2) is 28.2 Å². The number of hydrogen-bond acceptors (Lipinski definition) is 3. The molecule has 0 radical (unpaired) electrons. The van der Waals surface area contributed by atoms with E-state index in [0.29, 0.717) is 6.42 Å². The van der Waals surface area contributed by atoms with Gasteiger partial charge in [0.05, 0.1) is 17.6 Å². The van der Waals surface area contributed by atoms with E-state index in [9.17, 15) is 15.0 Å². The maximum absolute atomic E-state index is 12.3. The number of carbonyl (C=O) groups is 1. The summed E-state index contributed by atoms with van der Waals surface area (Å²) in [6.07, 6.45) is 3.20. The minimum Gasteiger partial charge on any atom is -0.393 e. The Hall–Kier alpha value is -0.670. The summed E-state index contributed by atoms with van der Waals surface area (Å²) in [5.41, 5.74) is -1.57. The summed E-state index contributed by atoms with van der Waals surface area (Å²) in [4.78, 5) is 12.3. The quantitative estimate of drug-likeness (QED) is 0.685. The molecule has 18 heavy (non-hydrogen) atoms. The van der Waals surface area contributed by atoms with E-state index in [4.69, 9.17) is 0 Å². The van der Waals surface area contributed by atoms with Crippen LogP contribution in [0.15, 0.2) is 12.2 Å². The first-order valence-electron chi connectivity index (χ1n) is 6.80. The number of ketones is 1. The molecule has 3 aliphatic rings. The molecule has 3 aliphatic carbocycles. The Morgan fingerprint density at radius 2 is 1.89 bits per heavy atom. The van der Waals surface area contributed by atoms with Crippen molar-refractivity contribution in [2.45, 2.75) is 46.3 Å². The molecular formula is C15H22O3. The summed E-state index contributed by atoms with van der Waals surface area (Å²) in [5.74, 6) is 0.204. The largest absolute Gasteiger partial charge is 0.393 e. The van der Waals surface area contributed by atoms with Crippen molar-refractivity contribution in [3.63, 3.8) is 0 Å². The third-order valence-corrected chi connectivity index (χ3v) is 6.28. The Bertz CT molecular complexity index is 453. The van der Waals surface area contributed by atoms with Crippen LogP contribution in [0.25, 0.3) is 0 Å². The van der Waals surface area contributed by atoms with Crippen LogP contribution >= 0.6 is 0 Å². The molecule has 3 rings (SSSR count). The third-order valence-electron chi connectivity index (χ3n) is 6.28. The molecule has 0 bridgehead atoms. The van der Waals surface area contributed by atoms with E-state index < -0.39 is 23.0 Å². The van der Waals surface area contributed by atoms with Crippen LogP contribution in [0.5, 0.6) is 0 Å². The van der Waals surface area contributed by atoms with Crippen LogP contribution in [0.4, 0.5) is 0 Å². The highest BCUT2D eigenvalue weighted by Crippen LogP contribution is 2.74. The van der Waals surface area contributed by atoms with Crippen LogP contribution in [0.1, 0.15) is 34.1 Å². The zero-order chi connectivity index (χ0) is 13.5. The molecule has 0 saturated heterocycles. The fourth-order valence-corrected chi connectivity index (χ4v) is 5.59. The van der Waals surface area contributed by atoms with E-state index in [1.54, 1.807) is 6.08 Å². The standard InChI is InChI=1S/C15H22O3/c1-8-7-9(16)11-13(2,3)12(18)14(4)10(17)5-6-15(8,11)14/h5-6,8-9,11-12,16,18H,7H2,1-4H3/t8-,9-,11?,12+,14+,15?/m1/s1. The second-order valence-corrected chi connectivity index (χ2v) is 7.24. The van der Waals surface area contributed by atoms with Crippen molar-refractivity contribution >= 4 is 5.78 Å². The van der Waals surface area contributed by atoms with E-state index in [-0.39, 0.29) is 23.0 Å². The van der Waals surface area contributed by atoms with Gasteiger partial charge in [-0.15, -0.1) is 0 Å². The zero-order valence-corrected chi connectivity index (χ0v) is 11.5. The molecule has 2 unspecified atom stereocenters. The number of allylic oxidation sites excluding steroid dienone is 2. The summed E-state index contributed by atoms with van der Waals surface area (Å²) in [5, 5.41) is 21.1. The van der Waals surface area contributed by atoms with Gasteiger partial charge >= 0.3 is 0 Å². The van der Waals surface area contributed by atoms with Crippen LogP contribution in [0, 0.1) is 28.1 Å². The van der Waals surface area contributed by atoms with Gasteiger partial charge in [0.1, 0.15) is 0 Å². The van der Waals surface area contributed by atoms with E-state index >= 15 is 0 Å². The van der Waals surface area contributed by atoms with Gasteiger partial charge in [0.25, 0.3) is 0 Å². The summed E-state index contributed by atoms with van der Waals surface area (Å²) in [7, 11) is 0. The summed E-state index contributed by atoms with van der Waals surface area (Å²) in [6.45, 7) is 7.95. The molecule has 100 valence electrons. The van der Waals surface area contributed by atoms with Gasteiger partial charge in [-0.3, -0.25) is 4.79 Å². The zero-order valence-electron chi connectivity index (χ0n) is 11.5. The van der Waals surface area contributed by atoms with Gasteiger partial charge in [0.15, 0.2) is 5.78 Å². The molecule has 6 atom stereocenters. The SMILES string of the molecule is C[C@@H]1C[C@@H](O)C2C(C)(C)[C@H](O)[C@]3(C)C(=O)C=CC213. The molecule has 0 aromatic heterocycles. The van der Waals surface area contributed by atoms with Crippen molar-refractivity contribution in [1.82, 2.24) is 0 Å². The number of carbonyl (C=O) groups excluding carboxylic acids is 1.